The van der Waals surface area contributed by atoms with Gasteiger partial charge in [-0.1, -0.05) is 78.3 Å². The summed E-state index contributed by atoms with van der Waals surface area (Å²) >= 11 is 6.55. The number of hydrogen-bond donors (Lipinski definition) is 0. The zero-order valence-electron chi connectivity index (χ0n) is 13.9. The first-order valence-electron chi connectivity index (χ1n) is 8.56. The molecule has 1 aromatic heterocycles. The molecular formula is C24H15ClO. The minimum absolute atomic E-state index is 0.638. The van der Waals surface area contributed by atoms with Gasteiger partial charge in [0.25, 0.3) is 0 Å². The second kappa shape index (κ2) is 6.05. The third-order valence-electron chi connectivity index (χ3n) is 4.74. The first-order valence-corrected chi connectivity index (χ1v) is 8.94. The van der Waals surface area contributed by atoms with Crippen LogP contribution in [0.3, 0.4) is 0 Å². The molecule has 0 bridgehead atoms. The van der Waals surface area contributed by atoms with Gasteiger partial charge in [-0.05, 0) is 46.5 Å². The third-order valence-corrected chi connectivity index (χ3v) is 5.02. The van der Waals surface area contributed by atoms with Crippen molar-refractivity contribution < 1.29 is 4.42 Å². The molecule has 0 fully saturated rings. The maximum atomic E-state index is 6.55. The molecule has 0 N–H and O–H groups in total. The molecule has 0 atom stereocenters. The lowest BCUT2D eigenvalue weighted by atomic mass is 9.98. The second-order valence-electron chi connectivity index (χ2n) is 6.38. The topological polar surface area (TPSA) is 13.1 Å². The van der Waals surface area contributed by atoms with Crippen LogP contribution in [0, 0.1) is 0 Å². The van der Waals surface area contributed by atoms with E-state index in [0.717, 1.165) is 33.1 Å². The summed E-state index contributed by atoms with van der Waals surface area (Å²) in [5.41, 5.74) is 6.23. The van der Waals surface area contributed by atoms with Gasteiger partial charge >= 0.3 is 0 Å². The Bertz CT molecular complexity index is 1240. The monoisotopic (exact) mass is 354 g/mol. The van der Waals surface area contributed by atoms with Gasteiger partial charge in [0.1, 0.15) is 5.58 Å². The normalized spacial score (nSPS) is 11.3. The molecule has 0 aliphatic heterocycles. The van der Waals surface area contributed by atoms with Crippen LogP contribution in [-0.2, 0) is 0 Å². The van der Waals surface area contributed by atoms with Gasteiger partial charge in [-0.25, -0.2) is 0 Å². The zero-order valence-corrected chi connectivity index (χ0v) is 14.7. The molecular weight excluding hydrogens is 340 g/mol. The Morgan fingerprint density at radius 2 is 1.23 bits per heavy atom. The molecule has 0 unspecified atom stereocenters. The Kier molecular flexibility index (Phi) is 3.55. The Hall–Kier alpha value is -3.03. The fourth-order valence-corrected chi connectivity index (χ4v) is 3.72. The van der Waals surface area contributed by atoms with Gasteiger partial charge in [0, 0.05) is 10.8 Å². The van der Waals surface area contributed by atoms with Gasteiger partial charge < -0.3 is 4.42 Å². The first kappa shape index (κ1) is 15.2. The van der Waals surface area contributed by atoms with Crippen molar-refractivity contribution in [2.45, 2.75) is 0 Å². The van der Waals surface area contributed by atoms with Gasteiger partial charge in [-0.2, -0.15) is 0 Å². The van der Waals surface area contributed by atoms with Crippen molar-refractivity contribution in [3.63, 3.8) is 0 Å². The Morgan fingerprint density at radius 1 is 0.538 bits per heavy atom. The van der Waals surface area contributed by atoms with Gasteiger partial charge in [-0.15, -0.1) is 0 Å². The van der Waals surface area contributed by atoms with Crippen LogP contribution in [0.15, 0.2) is 95.4 Å². The van der Waals surface area contributed by atoms with Crippen molar-refractivity contribution >= 4 is 33.5 Å². The SMILES string of the molecule is Clc1cc(-c2cccc(-c3ccccc3)c2)cc2c1oc1ccccc12. The molecule has 4 aromatic carbocycles. The van der Waals surface area contributed by atoms with Crippen molar-refractivity contribution in [2.24, 2.45) is 0 Å². The molecule has 0 amide bonds. The van der Waals surface area contributed by atoms with E-state index in [1.54, 1.807) is 0 Å². The van der Waals surface area contributed by atoms with Crippen LogP contribution < -0.4 is 0 Å². The fraction of sp³-hybridized carbons (Fsp3) is 0. The van der Waals surface area contributed by atoms with E-state index >= 15 is 0 Å². The van der Waals surface area contributed by atoms with Crippen LogP contribution in [0.4, 0.5) is 0 Å². The molecule has 1 nitrogen and oxygen atoms in total. The Labute approximate surface area is 156 Å². The highest BCUT2D eigenvalue weighted by Crippen LogP contribution is 2.37. The predicted molar refractivity (Wildman–Crippen MR) is 110 cm³/mol. The van der Waals surface area contributed by atoms with E-state index in [2.05, 4.69) is 60.7 Å². The molecule has 0 aliphatic rings. The number of hydrogen-bond acceptors (Lipinski definition) is 1. The largest absolute Gasteiger partial charge is 0.454 e. The highest BCUT2D eigenvalue weighted by molar-refractivity contribution is 6.36. The lowest BCUT2D eigenvalue weighted by molar-refractivity contribution is 0.669. The zero-order chi connectivity index (χ0) is 17.5. The summed E-state index contributed by atoms with van der Waals surface area (Å²) in [5.74, 6) is 0. The maximum absolute atomic E-state index is 6.55. The van der Waals surface area contributed by atoms with Crippen LogP contribution in [-0.4, -0.2) is 0 Å². The second-order valence-corrected chi connectivity index (χ2v) is 6.79. The van der Waals surface area contributed by atoms with Crippen LogP contribution in [0.2, 0.25) is 5.02 Å². The number of furan rings is 1. The van der Waals surface area contributed by atoms with Gasteiger partial charge in [0.15, 0.2) is 5.58 Å². The molecule has 0 saturated carbocycles. The molecule has 5 aromatic rings. The Balaban J connectivity index is 1.71. The molecule has 0 saturated heterocycles. The number of para-hydroxylation sites is 1. The maximum Gasteiger partial charge on any atom is 0.154 e. The van der Waals surface area contributed by atoms with E-state index in [1.165, 1.54) is 11.1 Å². The summed E-state index contributed by atoms with van der Waals surface area (Å²) < 4.78 is 5.94. The molecule has 124 valence electrons. The van der Waals surface area contributed by atoms with Crippen molar-refractivity contribution in [2.75, 3.05) is 0 Å². The van der Waals surface area contributed by atoms with E-state index in [-0.39, 0.29) is 0 Å². The highest BCUT2D eigenvalue weighted by Gasteiger charge is 2.12. The molecule has 0 spiro atoms. The molecule has 2 heteroatoms. The van der Waals surface area contributed by atoms with Crippen LogP contribution in [0.1, 0.15) is 0 Å². The minimum Gasteiger partial charge on any atom is -0.454 e. The summed E-state index contributed by atoms with van der Waals surface area (Å²) in [7, 11) is 0. The predicted octanol–water partition coefficient (Wildman–Crippen LogP) is 7.57. The van der Waals surface area contributed by atoms with Gasteiger partial charge in [0.2, 0.25) is 0 Å². The molecule has 26 heavy (non-hydrogen) atoms. The van der Waals surface area contributed by atoms with Crippen LogP contribution in [0.5, 0.6) is 0 Å². The quantitative estimate of drug-likeness (QED) is 0.318. The number of rotatable bonds is 2. The summed E-state index contributed by atoms with van der Waals surface area (Å²) in [5, 5.41) is 2.78. The van der Waals surface area contributed by atoms with Crippen molar-refractivity contribution in [3.05, 3.63) is 96.0 Å². The van der Waals surface area contributed by atoms with Crippen molar-refractivity contribution in [3.8, 4) is 22.3 Å². The van der Waals surface area contributed by atoms with Gasteiger partial charge in [-0.3, -0.25) is 0 Å². The molecule has 0 radical (unpaired) electrons. The molecule has 0 aliphatic carbocycles. The van der Waals surface area contributed by atoms with Crippen molar-refractivity contribution in [1.82, 2.24) is 0 Å². The lowest BCUT2D eigenvalue weighted by Crippen LogP contribution is -1.82. The Morgan fingerprint density at radius 3 is 2.08 bits per heavy atom. The average Bonchev–Trinajstić information content (AvgIpc) is 3.08. The van der Waals surface area contributed by atoms with E-state index in [0.29, 0.717) is 5.02 Å². The van der Waals surface area contributed by atoms with Crippen LogP contribution in [0.25, 0.3) is 44.2 Å². The average molecular weight is 355 g/mol. The van der Waals surface area contributed by atoms with Crippen molar-refractivity contribution in [1.29, 1.82) is 0 Å². The standard InChI is InChI=1S/C24H15ClO/c25-22-15-19(14-21-20-11-4-5-12-23(20)26-24(21)22)18-10-6-9-17(13-18)16-7-2-1-3-8-16/h1-15H. The van der Waals surface area contributed by atoms with Crippen LogP contribution >= 0.6 is 11.6 Å². The van der Waals surface area contributed by atoms with E-state index < -0.39 is 0 Å². The molecule has 1 heterocycles. The van der Waals surface area contributed by atoms with E-state index in [9.17, 15) is 0 Å². The summed E-state index contributed by atoms with van der Waals surface area (Å²) in [6, 6.07) is 31.1. The number of halogens is 1. The summed E-state index contributed by atoms with van der Waals surface area (Å²) in [6.07, 6.45) is 0. The van der Waals surface area contributed by atoms with Gasteiger partial charge in [0.05, 0.1) is 5.02 Å². The summed E-state index contributed by atoms with van der Waals surface area (Å²) in [6.45, 7) is 0. The highest BCUT2D eigenvalue weighted by atomic mass is 35.5. The minimum atomic E-state index is 0.638. The smallest absolute Gasteiger partial charge is 0.154 e. The molecule has 5 rings (SSSR count). The first-order chi connectivity index (χ1) is 12.8. The number of benzene rings is 4. The lowest BCUT2D eigenvalue weighted by Gasteiger charge is -2.07. The summed E-state index contributed by atoms with van der Waals surface area (Å²) in [4.78, 5) is 0. The van der Waals surface area contributed by atoms with E-state index in [4.69, 9.17) is 16.0 Å². The number of fused-ring (bicyclic) bond motifs is 3. The third kappa shape index (κ3) is 2.49. The fourth-order valence-electron chi connectivity index (χ4n) is 3.46. The van der Waals surface area contributed by atoms with E-state index in [1.807, 2.05) is 30.3 Å².